The first-order valence-corrected chi connectivity index (χ1v) is 6.40. The normalized spacial score (nSPS) is 10.8. The Kier molecular flexibility index (Phi) is 2.23. The van der Waals surface area contributed by atoms with Crippen molar-refractivity contribution in [3.05, 3.63) is 29.0 Å². The van der Waals surface area contributed by atoms with Crippen LogP contribution in [-0.4, -0.2) is 15.2 Å². The number of nitrogens with one attached hydrogen (secondary N) is 1. The van der Waals surface area contributed by atoms with E-state index in [4.69, 9.17) is 5.73 Å². The number of thiophene rings is 2. The summed E-state index contributed by atoms with van der Waals surface area (Å²) in [4.78, 5) is 6.42. The van der Waals surface area contributed by atoms with Crippen LogP contribution in [0.3, 0.4) is 0 Å². The Morgan fingerprint density at radius 1 is 1.19 bits per heavy atom. The zero-order chi connectivity index (χ0) is 11.0. The highest BCUT2D eigenvalue weighted by molar-refractivity contribution is 7.14. The molecule has 3 heterocycles. The van der Waals surface area contributed by atoms with E-state index in [0.29, 0.717) is 0 Å². The van der Waals surface area contributed by atoms with E-state index in [2.05, 4.69) is 15.2 Å². The second kappa shape index (κ2) is 3.73. The standard InChI is InChI=1S/C10H8N4S2/c11-6-3-5-16-8(6)10-12-9(13-14-10)7-2-1-4-15-7/h1-5H,11H2,(H,12,13,14). The van der Waals surface area contributed by atoms with Crippen LogP contribution in [0.15, 0.2) is 29.0 Å². The molecule has 0 radical (unpaired) electrons. The fourth-order valence-electron chi connectivity index (χ4n) is 1.39. The molecule has 0 atom stereocenters. The van der Waals surface area contributed by atoms with Crippen LogP contribution in [0.25, 0.3) is 21.4 Å². The minimum Gasteiger partial charge on any atom is -0.397 e. The fourth-order valence-corrected chi connectivity index (χ4v) is 2.81. The van der Waals surface area contributed by atoms with Crippen LogP contribution in [0.5, 0.6) is 0 Å². The van der Waals surface area contributed by atoms with Gasteiger partial charge in [-0.3, -0.25) is 5.10 Å². The molecule has 16 heavy (non-hydrogen) atoms. The van der Waals surface area contributed by atoms with Gasteiger partial charge in [0.05, 0.1) is 15.4 Å². The van der Waals surface area contributed by atoms with Gasteiger partial charge in [-0.05, 0) is 22.9 Å². The summed E-state index contributed by atoms with van der Waals surface area (Å²) in [6, 6.07) is 5.85. The van der Waals surface area contributed by atoms with E-state index < -0.39 is 0 Å². The first kappa shape index (κ1) is 9.56. The fraction of sp³-hybridized carbons (Fsp3) is 0. The van der Waals surface area contributed by atoms with Crippen molar-refractivity contribution in [2.45, 2.75) is 0 Å². The van der Waals surface area contributed by atoms with E-state index in [9.17, 15) is 0 Å². The number of nitrogens with zero attached hydrogens (tertiary/aromatic N) is 2. The number of anilines is 1. The quantitative estimate of drug-likeness (QED) is 0.732. The third kappa shape index (κ3) is 1.52. The molecule has 0 aromatic carbocycles. The molecule has 0 bridgehead atoms. The Morgan fingerprint density at radius 2 is 2.12 bits per heavy atom. The number of hydrogen-bond donors (Lipinski definition) is 2. The van der Waals surface area contributed by atoms with Crippen molar-refractivity contribution in [2.75, 3.05) is 5.73 Å². The lowest BCUT2D eigenvalue weighted by Crippen LogP contribution is -1.85. The predicted molar refractivity (Wildman–Crippen MR) is 67.4 cm³/mol. The molecule has 0 aliphatic carbocycles. The third-order valence-electron chi connectivity index (χ3n) is 2.14. The van der Waals surface area contributed by atoms with Crippen molar-refractivity contribution >= 4 is 28.4 Å². The van der Waals surface area contributed by atoms with Gasteiger partial charge in [0, 0.05) is 0 Å². The maximum Gasteiger partial charge on any atom is 0.191 e. The Hall–Kier alpha value is -1.66. The van der Waals surface area contributed by atoms with Gasteiger partial charge in [-0.2, -0.15) is 5.10 Å². The number of rotatable bonds is 2. The Morgan fingerprint density at radius 3 is 2.81 bits per heavy atom. The predicted octanol–water partition coefficient (Wildman–Crippen LogP) is 2.84. The second-order valence-electron chi connectivity index (χ2n) is 3.19. The average molecular weight is 248 g/mol. The number of nitrogen functional groups attached to an aromatic ring is 1. The monoisotopic (exact) mass is 248 g/mol. The van der Waals surface area contributed by atoms with Gasteiger partial charge in [-0.1, -0.05) is 6.07 Å². The van der Waals surface area contributed by atoms with Crippen molar-refractivity contribution in [3.8, 4) is 21.4 Å². The van der Waals surface area contributed by atoms with E-state index >= 15 is 0 Å². The highest BCUT2D eigenvalue weighted by atomic mass is 32.1. The van der Waals surface area contributed by atoms with Crippen LogP contribution >= 0.6 is 22.7 Å². The third-order valence-corrected chi connectivity index (χ3v) is 3.94. The van der Waals surface area contributed by atoms with Gasteiger partial charge in [-0.25, -0.2) is 4.98 Å². The highest BCUT2D eigenvalue weighted by Crippen LogP contribution is 2.30. The Bertz CT molecular complexity index is 594. The maximum absolute atomic E-state index is 5.83. The number of H-pyrrole nitrogens is 1. The van der Waals surface area contributed by atoms with Gasteiger partial charge in [0.2, 0.25) is 0 Å². The van der Waals surface area contributed by atoms with Crippen molar-refractivity contribution in [2.24, 2.45) is 0 Å². The molecule has 6 heteroatoms. The molecule has 0 aliphatic heterocycles. The lowest BCUT2D eigenvalue weighted by Gasteiger charge is -1.91. The summed E-state index contributed by atoms with van der Waals surface area (Å²) in [7, 11) is 0. The minimum absolute atomic E-state index is 0.720. The molecule has 0 amide bonds. The van der Waals surface area contributed by atoms with Gasteiger partial charge < -0.3 is 5.73 Å². The molecule has 0 aliphatic rings. The molecule has 4 nitrogen and oxygen atoms in total. The molecule has 3 rings (SSSR count). The summed E-state index contributed by atoms with van der Waals surface area (Å²) in [5.74, 6) is 1.45. The zero-order valence-electron chi connectivity index (χ0n) is 8.18. The number of aromatic nitrogens is 3. The molecular formula is C10H8N4S2. The lowest BCUT2D eigenvalue weighted by molar-refractivity contribution is 1.11. The molecule has 0 fully saturated rings. The Balaban J connectivity index is 2.03. The maximum atomic E-state index is 5.83. The lowest BCUT2D eigenvalue weighted by atomic mass is 10.4. The number of aromatic amines is 1. The van der Waals surface area contributed by atoms with Gasteiger partial charge in [0.25, 0.3) is 0 Å². The summed E-state index contributed by atoms with van der Waals surface area (Å²) < 4.78 is 0. The average Bonchev–Trinajstić information content (AvgIpc) is 2.96. The molecule has 3 aromatic heterocycles. The first-order valence-electron chi connectivity index (χ1n) is 4.64. The van der Waals surface area contributed by atoms with Crippen molar-refractivity contribution in [3.63, 3.8) is 0 Å². The largest absolute Gasteiger partial charge is 0.397 e. The van der Waals surface area contributed by atoms with E-state index in [1.54, 1.807) is 22.7 Å². The van der Waals surface area contributed by atoms with Crippen LogP contribution in [0.1, 0.15) is 0 Å². The topological polar surface area (TPSA) is 67.6 Å². The second-order valence-corrected chi connectivity index (χ2v) is 5.05. The molecule has 0 unspecified atom stereocenters. The van der Waals surface area contributed by atoms with Crippen LogP contribution in [0.4, 0.5) is 5.69 Å². The molecule has 3 N–H and O–H groups in total. The minimum atomic E-state index is 0.720. The van der Waals surface area contributed by atoms with Crippen molar-refractivity contribution in [1.82, 2.24) is 15.2 Å². The smallest absolute Gasteiger partial charge is 0.191 e. The van der Waals surface area contributed by atoms with E-state index in [1.807, 2.05) is 29.0 Å². The highest BCUT2D eigenvalue weighted by Gasteiger charge is 2.11. The summed E-state index contributed by atoms with van der Waals surface area (Å²) in [6.45, 7) is 0. The van der Waals surface area contributed by atoms with Gasteiger partial charge in [0.1, 0.15) is 0 Å². The van der Waals surface area contributed by atoms with E-state index in [0.717, 1.165) is 27.1 Å². The van der Waals surface area contributed by atoms with Crippen molar-refractivity contribution in [1.29, 1.82) is 0 Å². The van der Waals surface area contributed by atoms with Crippen LogP contribution in [0.2, 0.25) is 0 Å². The number of nitrogens with two attached hydrogens (primary N) is 1. The molecule has 80 valence electrons. The Labute approximate surface area is 99.8 Å². The van der Waals surface area contributed by atoms with Gasteiger partial charge in [0.15, 0.2) is 11.6 Å². The zero-order valence-corrected chi connectivity index (χ0v) is 9.81. The molecule has 0 spiro atoms. The molecular weight excluding hydrogens is 240 g/mol. The molecule has 0 saturated heterocycles. The summed E-state index contributed by atoms with van der Waals surface area (Å²) in [5.41, 5.74) is 6.56. The van der Waals surface area contributed by atoms with Crippen LogP contribution < -0.4 is 5.73 Å². The van der Waals surface area contributed by atoms with Crippen molar-refractivity contribution < 1.29 is 0 Å². The molecule has 3 aromatic rings. The van der Waals surface area contributed by atoms with Crippen LogP contribution in [0, 0.1) is 0 Å². The summed E-state index contributed by atoms with van der Waals surface area (Å²) in [5, 5.41) is 11.0. The number of hydrogen-bond acceptors (Lipinski definition) is 5. The van der Waals surface area contributed by atoms with E-state index in [-0.39, 0.29) is 0 Å². The van der Waals surface area contributed by atoms with Gasteiger partial charge >= 0.3 is 0 Å². The van der Waals surface area contributed by atoms with Gasteiger partial charge in [-0.15, -0.1) is 22.7 Å². The van der Waals surface area contributed by atoms with Crippen LogP contribution in [-0.2, 0) is 0 Å². The summed E-state index contributed by atoms with van der Waals surface area (Å²) in [6.07, 6.45) is 0. The van der Waals surface area contributed by atoms with E-state index in [1.165, 1.54) is 0 Å². The summed E-state index contributed by atoms with van der Waals surface area (Å²) >= 11 is 3.18. The molecule has 0 saturated carbocycles. The first-order chi connectivity index (χ1) is 7.84. The SMILES string of the molecule is Nc1ccsc1-c1nc(-c2cccs2)n[nH]1.